The number of amides is 2. The highest BCUT2D eigenvalue weighted by atomic mass is 16.5. The van der Waals surface area contributed by atoms with E-state index in [2.05, 4.69) is 27.9 Å². The van der Waals surface area contributed by atoms with Crippen LogP contribution in [0.4, 0.5) is 11.4 Å². The van der Waals surface area contributed by atoms with Crippen molar-refractivity contribution in [1.29, 1.82) is 0 Å². The lowest BCUT2D eigenvalue weighted by Gasteiger charge is -2.15. The third-order valence-corrected chi connectivity index (χ3v) is 4.81. The molecule has 0 bridgehead atoms. The Balaban J connectivity index is 1.78. The molecule has 7 heteroatoms. The van der Waals surface area contributed by atoms with Gasteiger partial charge in [0, 0.05) is 30.5 Å². The number of nitrogens with one attached hydrogen (secondary N) is 3. The topological polar surface area (TPSA) is 91.8 Å². The number of guanidine groups is 1. The Labute approximate surface area is 176 Å². The van der Waals surface area contributed by atoms with Crippen LogP contribution in [0.15, 0.2) is 53.5 Å². The Morgan fingerprint density at radius 1 is 1.13 bits per heavy atom. The molecule has 3 N–H and O–H groups in total. The molecule has 3 rings (SSSR count). The molecule has 0 spiro atoms. The number of nitrogens with zero attached hydrogens (tertiary/aromatic N) is 1. The molecule has 2 aromatic carbocycles. The Morgan fingerprint density at radius 3 is 2.70 bits per heavy atom. The standard InChI is InChI=1S/C23H28N4O3/c1-3-17-8-4-5-12-21(17)26-23(24-15-20-11-7-13-30-20)27-22(29)18-9-6-10-19(14-18)25-16(2)28/h4-6,8-10,12,14,20H,3,7,11,13,15H2,1-2H3,(H,25,28)(H2,24,26,27,29). The quantitative estimate of drug-likeness (QED) is 0.503. The van der Waals surface area contributed by atoms with Crippen molar-refractivity contribution < 1.29 is 14.3 Å². The van der Waals surface area contributed by atoms with Crippen molar-refractivity contribution in [3.8, 4) is 0 Å². The van der Waals surface area contributed by atoms with Gasteiger partial charge in [0.15, 0.2) is 0 Å². The number of carbonyl (C=O) groups excluding carboxylic acids is 2. The van der Waals surface area contributed by atoms with E-state index in [0.717, 1.165) is 37.1 Å². The molecule has 2 amide bonds. The van der Waals surface area contributed by atoms with E-state index >= 15 is 0 Å². The first-order chi connectivity index (χ1) is 14.5. The second-order valence-corrected chi connectivity index (χ2v) is 7.18. The van der Waals surface area contributed by atoms with Crippen LogP contribution in [0.25, 0.3) is 0 Å². The van der Waals surface area contributed by atoms with Crippen molar-refractivity contribution in [2.24, 2.45) is 4.99 Å². The molecule has 0 aromatic heterocycles. The van der Waals surface area contributed by atoms with Crippen molar-refractivity contribution in [3.05, 3.63) is 59.7 Å². The molecular formula is C23H28N4O3. The number of rotatable bonds is 6. The molecule has 0 aliphatic carbocycles. The van der Waals surface area contributed by atoms with Gasteiger partial charge in [-0.25, -0.2) is 4.99 Å². The van der Waals surface area contributed by atoms with Crippen LogP contribution in [-0.2, 0) is 16.0 Å². The second-order valence-electron chi connectivity index (χ2n) is 7.18. The molecule has 1 unspecified atom stereocenters. The number of hydrogen-bond acceptors (Lipinski definition) is 4. The van der Waals surface area contributed by atoms with Gasteiger partial charge in [-0.05, 0) is 49.1 Å². The maximum Gasteiger partial charge on any atom is 0.258 e. The highest BCUT2D eigenvalue weighted by Gasteiger charge is 2.16. The van der Waals surface area contributed by atoms with Crippen molar-refractivity contribution >= 4 is 29.1 Å². The maximum atomic E-state index is 12.9. The van der Waals surface area contributed by atoms with Crippen molar-refractivity contribution in [3.63, 3.8) is 0 Å². The highest BCUT2D eigenvalue weighted by Crippen LogP contribution is 2.16. The summed E-state index contributed by atoms with van der Waals surface area (Å²) in [4.78, 5) is 28.7. The molecule has 0 radical (unpaired) electrons. The average Bonchev–Trinajstić information content (AvgIpc) is 3.26. The van der Waals surface area contributed by atoms with Crippen molar-refractivity contribution in [2.45, 2.75) is 39.2 Å². The first kappa shape index (κ1) is 21.5. The van der Waals surface area contributed by atoms with Gasteiger partial charge >= 0.3 is 0 Å². The number of benzene rings is 2. The summed E-state index contributed by atoms with van der Waals surface area (Å²) in [7, 11) is 0. The lowest BCUT2D eigenvalue weighted by Crippen LogP contribution is -2.37. The summed E-state index contributed by atoms with van der Waals surface area (Å²) in [5.74, 6) is -0.125. The molecule has 1 aliphatic heterocycles. The van der Waals surface area contributed by atoms with Crippen molar-refractivity contribution in [2.75, 3.05) is 23.8 Å². The summed E-state index contributed by atoms with van der Waals surface area (Å²) in [6.45, 7) is 4.74. The molecule has 1 atom stereocenters. The van der Waals surface area contributed by atoms with Gasteiger partial charge < -0.3 is 15.4 Å². The third kappa shape index (κ3) is 6.15. The summed E-state index contributed by atoms with van der Waals surface area (Å²) >= 11 is 0. The predicted molar refractivity (Wildman–Crippen MR) is 119 cm³/mol. The van der Waals surface area contributed by atoms with Crippen LogP contribution in [0.3, 0.4) is 0 Å². The van der Waals surface area contributed by atoms with Crippen LogP contribution in [0.5, 0.6) is 0 Å². The second kappa shape index (κ2) is 10.5. The molecule has 158 valence electrons. The fraction of sp³-hybridized carbons (Fsp3) is 0.348. The molecule has 30 heavy (non-hydrogen) atoms. The van der Waals surface area contributed by atoms with Crippen LogP contribution in [0.1, 0.15) is 42.6 Å². The molecule has 7 nitrogen and oxygen atoms in total. The zero-order valence-electron chi connectivity index (χ0n) is 17.4. The lowest BCUT2D eigenvalue weighted by molar-refractivity contribution is -0.114. The summed E-state index contributed by atoms with van der Waals surface area (Å²) in [5.41, 5.74) is 3.02. The Kier molecular flexibility index (Phi) is 7.57. The van der Waals surface area contributed by atoms with Crippen LogP contribution in [-0.4, -0.2) is 37.0 Å². The fourth-order valence-electron chi connectivity index (χ4n) is 3.29. The summed E-state index contributed by atoms with van der Waals surface area (Å²) in [6.07, 6.45) is 2.93. The fourth-order valence-corrected chi connectivity index (χ4v) is 3.29. The molecule has 1 aliphatic rings. The van der Waals surface area contributed by atoms with Gasteiger partial charge in [-0.1, -0.05) is 31.2 Å². The maximum absolute atomic E-state index is 12.9. The average molecular weight is 409 g/mol. The van der Waals surface area contributed by atoms with Crippen molar-refractivity contribution in [1.82, 2.24) is 5.32 Å². The molecule has 2 aromatic rings. The Morgan fingerprint density at radius 2 is 1.97 bits per heavy atom. The van der Waals surface area contributed by atoms with E-state index in [1.807, 2.05) is 24.3 Å². The van der Waals surface area contributed by atoms with Crippen LogP contribution in [0.2, 0.25) is 0 Å². The normalized spacial score (nSPS) is 16.2. The largest absolute Gasteiger partial charge is 0.376 e. The van der Waals surface area contributed by atoms with Crippen LogP contribution in [0, 0.1) is 0 Å². The number of ether oxygens (including phenoxy) is 1. The molecule has 1 heterocycles. The lowest BCUT2D eigenvalue weighted by atomic mass is 10.1. The van der Waals surface area contributed by atoms with E-state index < -0.39 is 0 Å². The number of hydrogen-bond donors (Lipinski definition) is 3. The van der Waals surface area contributed by atoms with Gasteiger partial charge in [-0.15, -0.1) is 0 Å². The van der Waals surface area contributed by atoms with Gasteiger partial charge in [0.1, 0.15) is 0 Å². The van der Waals surface area contributed by atoms with E-state index in [1.165, 1.54) is 6.92 Å². The highest BCUT2D eigenvalue weighted by molar-refractivity contribution is 6.10. The monoisotopic (exact) mass is 408 g/mol. The molecule has 1 fully saturated rings. The number of aryl methyl sites for hydroxylation is 1. The molecule has 0 saturated carbocycles. The summed E-state index contributed by atoms with van der Waals surface area (Å²) in [5, 5.41) is 8.82. The van der Waals surface area contributed by atoms with Gasteiger partial charge in [0.2, 0.25) is 11.9 Å². The molecular weight excluding hydrogens is 380 g/mol. The van der Waals surface area contributed by atoms with Gasteiger partial charge in [0.25, 0.3) is 5.91 Å². The zero-order chi connectivity index (χ0) is 21.3. The third-order valence-electron chi connectivity index (χ3n) is 4.81. The van der Waals surface area contributed by atoms with E-state index in [1.54, 1.807) is 24.3 Å². The minimum absolute atomic E-state index is 0.0724. The van der Waals surface area contributed by atoms with Gasteiger partial charge in [0.05, 0.1) is 12.6 Å². The minimum Gasteiger partial charge on any atom is -0.376 e. The SMILES string of the molecule is CCc1ccccc1NC(=NCC1CCCO1)NC(=O)c1cccc(NC(C)=O)c1. The zero-order valence-corrected chi connectivity index (χ0v) is 17.4. The Bertz CT molecular complexity index is 920. The van der Waals surface area contributed by atoms with E-state index in [4.69, 9.17) is 4.74 Å². The predicted octanol–water partition coefficient (Wildman–Crippen LogP) is 3.58. The molecule has 1 saturated heterocycles. The first-order valence-corrected chi connectivity index (χ1v) is 10.2. The minimum atomic E-state index is -0.310. The van der Waals surface area contributed by atoms with E-state index in [0.29, 0.717) is 23.8 Å². The number of aliphatic imine (C=N–C) groups is 1. The number of carbonyl (C=O) groups is 2. The van der Waals surface area contributed by atoms with Gasteiger partial charge in [-0.2, -0.15) is 0 Å². The smallest absolute Gasteiger partial charge is 0.258 e. The van der Waals surface area contributed by atoms with Gasteiger partial charge in [-0.3, -0.25) is 14.9 Å². The number of anilines is 2. The first-order valence-electron chi connectivity index (χ1n) is 10.2. The van der Waals surface area contributed by atoms with E-state index in [-0.39, 0.29) is 17.9 Å². The Hall–Kier alpha value is -3.19. The van der Waals surface area contributed by atoms with Crippen LogP contribution < -0.4 is 16.0 Å². The summed E-state index contributed by atoms with van der Waals surface area (Å²) in [6, 6.07) is 14.7. The summed E-state index contributed by atoms with van der Waals surface area (Å²) < 4.78 is 5.65. The number of para-hydroxylation sites is 1. The van der Waals surface area contributed by atoms with Crippen LogP contribution >= 0.6 is 0 Å². The van der Waals surface area contributed by atoms with E-state index in [9.17, 15) is 9.59 Å².